The zero-order valence-corrected chi connectivity index (χ0v) is 12.3. The monoisotopic (exact) mass is 338 g/mol. The SMILES string of the molecule is NC(=O)COc1cccc(NC(=O)c2cccc(C(F)(F)F)c2)c1. The Hall–Kier alpha value is -3.03. The van der Waals surface area contributed by atoms with E-state index in [0.717, 1.165) is 18.2 Å². The summed E-state index contributed by atoms with van der Waals surface area (Å²) < 4.78 is 43.1. The van der Waals surface area contributed by atoms with Crippen molar-refractivity contribution in [1.29, 1.82) is 0 Å². The van der Waals surface area contributed by atoms with Crippen molar-refractivity contribution >= 4 is 17.5 Å². The largest absolute Gasteiger partial charge is 0.484 e. The Labute approximate surface area is 135 Å². The maximum absolute atomic E-state index is 12.7. The first-order valence-corrected chi connectivity index (χ1v) is 6.75. The van der Waals surface area contributed by atoms with Crippen molar-refractivity contribution < 1.29 is 27.5 Å². The van der Waals surface area contributed by atoms with Crippen molar-refractivity contribution in [2.75, 3.05) is 11.9 Å². The van der Waals surface area contributed by atoms with Crippen LogP contribution in [0.3, 0.4) is 0 Å². The molecule has 0 saturated heterocycles. The summed E-state index contributed by atoms with van der Waals surface area (Å²) in [5.74, 6) is -1.07. The van der Waals surface area contributed by atoms with Crippen LogP contribution in [0, 0.1) is 0 Å². The van der Waals surface area contributed by atoms with Gasteiger partial charge in [-0.2, -0.15) is 13.2 Å². The van der Waals surface area contributed by atoms with E-state index in [-0.39, 0.29) is 17.9 Å². The van der Waals surface area contributed by atoms with Gasteiger partial charge in [-0.1, -0.05) is 12.1 Å². The second-order valence-electron chi connectivity index (χ2n) is 4.82. The molecule has 0 saturated carbocycles. The van der Waals surface area contributed by atoms with Crippen LogP contribution in [0.15, 0.2) is 48.5 Å². The molecule has 0 heterocycles. The molecule has 0 fully saturated rings. The molecule has 0 bridgehead atoms. The molecule has 0 aliphatic rings. The number of halogens is 3. The van der Waals surface area contributed by atoms with Crippen molar-refractivity contribution in [3.8, 4) is 5.75 Å². The number of nitrogens with two attached hydrogens (primary N) is 1. The van der Waals surface area contributed by atoms with Gasteiger partial charge in [0.15, 0.2) is 6.61 Å². The van der Waals surface area contributed by atoms with Gasteiger partial charge in [0.05, 0.1) is 5.56 Å². The first-order valence-electron chi connectivity index (χ1n) is 6.75. The van der Waals surface area contributed by atoms with Crippen LogP contribution >= 0.6 is 0 Å². The zero-order chi connectivity index (χ0) is 17.7. The Morgan fingerprint density at radius 2 is 1.79 bits per heavy atom. The number of rotatable bonds is 5. The number of ether oxygens (including phenoxy) is 1. The summed E-state index contributed by atoms with van der Waals surface area (Å²) in [6.45, 7) is -0.328. The van der Waals surface area contributed by atoms with Gasteiger partial charge in [0.25, 0.3) is 11.8 Å². The van der Waals surface area contributed by atoms with E-state index in [1.165, 1.54) is 18.2 Å². The summed E-state index contributed by atoms with van der Waals surface area (Å²) in [4.78, 5) is 22.7. The standard InChI is InChI=1S/C16H13F3N2O3/c17-16(18,19)11-4-1-3-10(7-11)15(23)21-12-5-2-6-13(8-12)24-9-14(20)22/h1-8H,9H2,(H2,20,22)(H,21,23). The number of carbonyl (C=O) groups excluding carboxylic acids is 2. The third kappa shape index (κ3) is 4.73. The van der Waals surface area contributed by atoms with Crippen LogP contribution in [0.4, 0.5) is 18.9 Å². The minimum Gasteiger partial charge on any atom is -0.484 e. The first kappa shape index (κ1) is 17.3. The molecule has 0 spiro atoms. The Morgan fingerprint density at radius 1 is 1.08 bits per heavy atom. The third-order valence-corrected chi connectivity index (χ3v) is 2.93. The van der Waals surface area contributed by atoms with E-state index in [2.05, 4.69) is 5.32 Å². The highest BCUT2D eigenvalue weighted by Gasteiger charge is 2.30. The van der Waals surface area contributed by atoms with Gasteiger partial charge >= 0.3 is 6.18 Å². The van der Waals surface area contributed by atoms with Crippen LogP contribution in [-0.2, 0) is 11.0 Å². The quantitative estimate of drug-likeness (QED) is 0.879. The smallest absolute Gasteiger partial charge is 0.416 e. The van der Waals surface area contributed by atoms with E-state index in [1.54, 1.807) is 12.1 Å². The highest BCUT2D eigenvalue weighted by atomic mass is 19.4. The van der Waals surface area contributed by atoms with Gasteiger partial charge in [-0.05, 0) is 30.3 Å². The van der Waals surface area contributed by atoms with E-state index in [1.807, 2.05) is 0 Å². The van der Waals surface area contributed by atoms with Crippen molar-refractivity contribution in [2.24, 2.45) is 5.73 Å². The Morgan fingerprint density at radius 3 is 2.46 bits per heavy atom. The number of alkyl halides is 3. The summed E-state index contributed by atoms with van der Waals surface area (Å²) in [5, 5.41) is 2.46. The fourth-order valence-electron chi connectivity index (χ4n) is 1.86. The minimum atomic E-state index is -4.53. The molecule has 0 radical (unpaired) electrons. The summed E-state index contributed by atoms with van der Waals surface area (Å²) in [5.41, 5.74) is 4.22. The van der Waals surface area contributed by atoms with Crippen molar-refractivity contribution in [1.82, 2.24) is 0 Å². The molecular weight excluding hydrogens is 325 g/mol. The molecule has 0 aliphatic heterocycles. The summed E-state index contributed by atoms with van der Waals surface area (Å²) in [6, 6.07) is 10.1. The van der Waals surface area contributed by atoms with Crippen LogP contribution < -0.4 is 15.8 Å². The fraction of sp³-hybridized carbons (Fsp3) is 0.125. The normalized spacial score (nSPS) is 11.0. The Balaban J connectivity index is 2.12. The number of primary amides is 1. The minimum absolute atomic E-state index is 0.131. The first-order chi connectivity index (χ1) is 11.3. The summed E-state index contributed by atoms with van der Waals surface area (Å²) in [7, 11) is 0. The molecule has 5 nitrogen and oxygen atoms in total. The van der Waals surface area contributed by atoms with Gasteiger partial charge in [0, 0.05) is 17.3 Å². The second kappa shape index (κ2) is 7.03. The lowest BCUT2D eigenvalue weighted by molar-refractivity contribution is -0.137. The van der Waals surface area contributed by atoms with Gasteiger partial charge < -0.3 is 15.8 Å². The summed E-state index contributed by atoms with van der Waals surface area (Å²) >= 11 is 0. The number of nitrogens with one attached hydrogen (secondary N) is 1. The molecule has 8 heteroatoms. The molecule has 0 aliphatic carbocycles. The molecular formula is C16H13F3N2O3. The average molecular weight is 338 g/mol. The van der Waals surface area contributed by atoms with Crippen LogP contribution in [0.5, 0.6) is 5.75 Å². The number of amides is 2. The lowest BCUT2D eigenvalue weighted by Crippen LogP contribution is -2.20. The maximum atomic E-state index is 12.7. The average Bonchev–Trinajstić information content (AvgIpc) is 2.52. The van der Waals surface area contributed by atoms with Gasteiger partial charge in [0.1, 0.15) is 5.75 Å². The topological polar surface area (TPSA) is 81.4 Å². The number of carbonyl (C=O) groups is 2. The van der Waals surface area contributed by atoms with Gasteiger partial charge in [-0.3, -0.25) is 9.59 Å². The molecule has 2 amide bonds. The lowest BCUT2D eigenvalue weighted by Gasteiger charge is -2.10. The summed E-state index contributed by atoms with van der Waals surface area (Å²) in [6.07, 6.45) is -4.53. The molecule has 2 aromatic rings. The van der Waals surface area contributed by atoms with Crippen molar-refractivity contribution in [3.63, 3.8) is 0 Å². The number of benzene rings is 2. The van der Waals surface area contributed by atoms with Gasteiger partial charge in [-0.25, -0.2) is 0 Å². The molecule has 2 rings (SSSR count). The lowest BCUT2D eigenvalue weighted by atomic mass is 10.1. The van der Waals surface area contributed by atoms with E-state index >= 15 is 0 Å². The fourth-order valence-corrected chi connectivity index (χ4v) is 1.86. The molecule has 2 aromatic carbocycles. The zero-order valence-electron chi connectivity index (χ0n) is 12.3. The maximum Gasteiger partial charge on any atom is 0.416 e. The number of anilines is 1. The Bertz CT molecular complexity index is 760. The highest BCUT2D eigenvalue weighted by molar-refractivity contribution is 6.04. The number of hydrogen-bond donors (Lipinski definition) is 2. The second-order valence-corrected chi connectivity index (χ2v) is 4.82. The van der Waals surface area contributed by atoms with E-state index in [4.69, 9.17) is 10.5 Å². The van der Waals surface area contributed by atoms with Gasteiger partial charge in [0.2, 0.25) is 0 Å². The van der Waals surface area contributed by atoms with Crippen LogP contribution in [-0.4, -0.2) is 18.4 Å². The number of hydrogen-bond acceptors (Lipinski definition) is 3. The van der Waals surface area contributed by atoms with Crippen LogP contribution in [0.2, 0.25) is 0 Å². The molecule has 24 heavy (non-hydrogen) atoms. The van der Waals surface area contributed by atoms with Crippen molar-refractivity contribution in [2.45, 2.75) is 6.18 Å². The Kier molecular flexibility index (Phi) is 5.08. The van der Waals surface area contributed by atoms with E-state index in [9.17, 15) is 22.8 Å². The molecule has 0 aromatic heterocycles. The van der Waals surface area contributed by atoms with E-state index < -0.39 is 23.6 Å². The van der Waals surface area contributed by atoms with Crippen molar-refractivity contribution in [3.05, 3.63) is 59.7 Å². The van der Waals surface area contributed by atoms with Crippen LogP contribution in [0.1, 0.15) is 15.9 Å². The molecule has 126 valence electrons. The predicted molar refractivity (Wildman–Crippen MR) is 80.5 cm³/mol. The highest BCUT2D eigenvalue weighted by Crippen LogP contribution is 2.29. The predicted octanol–water partition coefficient (Wildman–Crippen LogP) is 2.82. The van der Waals surface area contributed by atoms with Crippen LogP contribution in [0.25, 0.3) is 0 Å². The molecule has 0 unspecified atom stereocenters. The molecule has 3 N–H and O–H groups in total. The van der Waals surface area contributed by atoms with Gasteiger partial charge in [-0.15, -0.1) is 0 Å². The third-order valence-electron chi connectivity index (χ3n) is 2.93. The van der Waals surface area contributed by atoms with E-state index in [0.29, 0.717) is 5.69 Å². The molecule has 0 atom stereocenters.